The fourth-order valence-electron chi connectivity index (χ4n) is 2.44. The number of halogens is 2. The van der Waals surface area contributed by atoms with Crippen molar-refractivity contribution >= 4 is 29.2 Å². The van der Waals surface area contributed by atoms with Crippen LogP contribution in [0.3, 0.4) is 0 Å². The summed E-state index contributed by atoms with van der Waals surface area (Å²) >= 11 is 12.5. The smallest absolute Gasteiger partial charge is 0.223 e. The Balaban J connectivity index is 1.97. The van der Waals surface area contributed by atoms with Gasteiger partial charge in [-0.2, -0.15) is 0 Å². The number of nitrogens with zero attached hydrogens (tertiary/aromatic N) is 2. The minimum atomic E-state index is -0.191. The van der Waals surface area contributed by atoms with E-state index in [9.17, 15) is 0 Å². The van der Waals surface area contributed by atoms with Crippen molar-refractivity contribution in [2.45, 2.75) is 24.8 Å². The summed E-state index contributed by atoms with van der Waals surface area (Å²) in [5.41, 5.74) is 0.837. The highest BCUT2D eigenvalue weighted by molar-refractivity contribution is 6.42. The largest absolute Gasteiger partial charge is 0.345 e. The number of aromatic nitrogens is 2. The first kappa shape index (κ1) is 12.7. The quantitative estimate of drug-likeness (QED) is 0.918. The van der Waals surface area contributed by atoms with Crippen LogP contribution >= 0.6 is 23.2 Å². The van der Waals surface area contributed by atoms with Gasteiger partial charge in [0, 0.05) is 12.4 Å². The molecule has 2 aromatic rings. The average Bonchev–Trinajstić information content (AvgIpc) is 2.39. The van der Waals surface area contributed by atoms with Gasteiger partial charge in [0.15, 0.2) is 0 Å². The summed E-state index contributed by atoms with van der Waals surface area (Å²) in [5.74, 6) is 0.623. The first-order chi connectivity index (χ1) is 9.21. The number of anilines is 1. The average molecular weight is 294 g/mol. The zero-order valence-corrected chi connectivity index (χ0v) is 11.7. The van der Waals surface area contributed by atoms with Crippen molar-refractivity contribution in [1.82, 2.24) is 9.97 Å². The maximum Gasteiger partial charge on any atom is 0.223 e. The number of rotatable bonds is 3. The van der Waals surface area contributed by atoms with Gasteiger partial charge in [0.1, 0.15) is 0 Å². The summed E-state index contributed by atoms with van der Waals surface area (Å²) in [5, 5.41) is 4.61. The molecule has 0 radical (unpaired) electrons. The Labute approximate surface area is 122 Å². The van der Waals surface area contributed by atoms with Crippen molar-refractivity contribution in [3.8, 4) is 0 Å². The molecule has 19 heavy (non-hydrogen) atoms. The predicted molar refractivity (Wildman–Crippen MR) is 77.6 cm³/mol. The molecule has 0 atom stereocenters. The number of benzene rings is 1. The highest BCUT2D eigenvalue weighted by atomic mass is 35.5. The molecule has 1 aliphatic carbocycles. The Kier molecular flexibility index (Phi) is 3.33. The van der Waals surface area contributed by atoms with Crippen molar-refractivity contribution in [3.05, 3.63) is 52.3 Å². The van der Waals surface area contributed by atoms with Crippen molar-refractivity contribution in [2.75, 3.05) is 5.32 Å². The van der Waals surface area contributed by atoms with Crippen LogP contribution in [0.25, 0.3) is 0 Å². The van der Waals surface area contributed by atoms with Crippen LogP contribution in [0.15, 0.2) is 36.7 Å². The first-order valence-corrected chi connectivity index (χ1v) is 6.97. The number of hydrogen-bond donors (Lipinski definition) is 1. The second-order valence-electron chi connectivity index (χ2n) is 4.73. The summed E-state index contributed by atoms with van der Waals surface area (Å²) in [6.07, 6.45) is 6.61. The normalized spacial score (nSPS) is 16.7. The van der Waals surface area contributed by atoms with Gasteiger partial charge in [0.25, 0.3) is 0 Å². The summed E-state index contributed by atoms with van der Waals surface area (Å²) in [7, 11) is 0. The molecule has 1 saturated carbocycles. The molecule has 0 saturated heterocycles. The third kappa shape index (κ3) is 2.28. The molecule has 3 rings (SSSR count). The summed E-state index contributed by atoms with van der Waals surface area (Å²) in [6, 6.07) is 7.55. The topological polar surface area (TPSA) is 37.8 Å². The van der Waals surface area contributed by atoms with Crippen LogP contribution in [0, 0.1) is 0 Å². The lowest BCUT2D eigenvalue weighted by Gasteiger charge is -2.43. The van der Waals surface area contributed by atoms with E-state index in [2.05, 4.69) is 15.3 Å². The van der Waals surface area contributed by atoms with E-state index in [1.54, 1.807) is 24.5 Å². The van der Waals surface area contributed by atoms with Gasteiger partial charge in [0.05, 0.1) is 15.6 Å². The number of hydrogen-bond acceptors (Lipinski definition) is 3. The molecular formula is C14H13Cl2N3. The molecule has 0 unspecified atom stereocenters. The lowest BCUT2D eigenvalue weighted by Crippen LogP contribution is -2.42. The third-order valence-electron chi connectivity index (χ3n) is 3.59. The lowest BCUT2D eigenvalue weighted by atomic mass is 9.72. The molecular weight excluding hydrogens is 281 g/mol. The van der Waals surface area contributed by atoms with Crippen molar-refractivity contribution < 1.29 is 0 Å². The Morgan fingerprint density at radius 2 is 1.79 bits per heavy atom. The zero-order valence-electron chi connectivity index (χ0n) is 10.2. The summed E-state index contributed by atoms with van der Waals surface area (Å²) in [4.78, 5) is 8.45. The van der Waals surface area contributed by atoms with Gasteiger partial charge < -0.3 is 5.32 Å². The van der Waals surface area contributed by atoms with Crippen LogP contribution in [0.1, 0.15) is 24.8 Å². The van der Waals surface area contributed by atoms with Gasteiger partial charge in [-0.05, 0) is 37.0 Å². The van der Waals surface area contributed by atoms with Gasteiger partial charge >= 0.3 is 0 Å². The molecule has 1 aliphatic rings. The maximum atomic E-state index is 6.34. The fourth-order valence-corrected chi connectivity index (χ4v) is 2.92. The maximum absolute atomic E-state index is 6.34. The fraction of sp³-hybridized carbons (Fsp3) is 0.286. The Morgan fingerprint density at radius 1 is 1.05 bits per heavy atom. The van der Waals surface area contributed by atoms with Gasteiger partial charge in [-0.25, -0.2) is 9.97 Å². The molecule has 0 spiro atoms. The van der Waals surface area contributed by atoms with E-state index >= 15 is 0 Å². The molecule has 0 amide bonds. The van der Waals surface area contributed by atoms with Crippen molar-refractivity contribution in [1.29, 1.82) is 0 Å². The van der Waals surface area contributed by atoms with Gasteiger partial charge in [-0.3, -0.25) is 0 Å². The SMILES string of the molecule is Clc1cccc(C2(Nc3ncccn3)CCC2)c1Cl. The second kappa shape index (κ2) is 4.99. The van der Waals surface area contributed by atoms with E-state index in [1.165, 1.54) is 0 Å². The molecule has 3 nitrogen and oxygen atoms in total. The molecule has 1 aromatic carbocycles. The Hall–Kier alpha value is -1.32. The molecule has 1 N–H and O–H groups in total. The van der Waals surface area contributed by atoms with Crippen LogP contribution < -0.4 is 5.32 Å². The molecule has 0 bridgehead atoms. The standard InChI is InChI=1S/C14H13Cl2N3/c15-11-5-1-4-10(12(11)16)14(6-2-7-14)19-13-17-8-3-9-18-13/h1,3-5,8-9H,2,6-7H2,(H,17,18,19). The highest BCUT2D eigenvalue weighted by Crippen LogP contribution is 2.47. The third-order valence-corrected chi connectivity index (χ3v) is 4.41. The van der Waals surface area contributed by atoms with Crippen LogP contribution in [0.2, 0.25) is 10.0 Å². The molecule has 98 valence electrons. The second-order valence-corrected chi connectivity index (χ2v) is 5.52. The first-order valence-electron chi connectivity index (χ1n) is 6.21. The van der Waals surface area contributed by atoms with E-state index in [0.29, 0.717) is 16.0 Å². The van der Waals surface area contributed by atoms with Gasteiger partial charge in [0.2, 0.25) is 5.95 Å². The Bertz CT molecular complexity index is 582. The van der Waals surface area contributed by atoms with Crippen LogP contribution in [0.4, 0.5) is 5.95 Å². The van der Waals surface area contributed by atoms with Crippen molar-refractivity contribution in [2.24, 2.45) is 0 Å². The molecule has 1 aromatic heterocycles. The minimum absolute atomic E-state index is 0.191. The van der Waals surface area contributed by atoms with Crippen LogP contribution in [-0.4, -0.2) is 9.97 Å². The molecule has 0 aliphatic heterocycles. The molecule has 5 heteroatoms. The molecule has 1 fully saturated rings. The zero-order chi connectivity index (χ0) is 13.3. The van der Waals surface area contributed by atoms with E-state index in [0.717, 1.165) is 24.8 Å². The van der Waals surface area contributed by atoms with E-state index < -0.39 is 0 Å². The summed E-state index contributed by atoms with van der Waals surface area (Å²) < 4.78 is 0. The van der Waals surface area contributed by atoms with E-state index in [1.807, 2.05) is 12.1 Å². The van der Waals surface area contributed by atoms with Gasteiger partial charge in [-0.15, -0.1) is 0 Å². The Morgan fingerprint density at radius 3 is 2.42 bits per heavy atom. The monoisotopic (exact) mass is 293 g/mol. The number of nitrogens with one attached hydrogen (secondary N) is 1. The molecule has 1 heterocycles. The van der Waals surface area contributed by atoms with Crippen LogP contribution in [0.5, 0.6) is 0 Å². The van der Waals surface area contributed by atoms with Crippen LogP contribution in [-0.2, 0) is 5.54 Å². The van der Waals surface area contributed by atoms with E-state index in [4.69, 9.17) is 23.2 Å². The summed E-state index contributed by atoms with van der Waals surface area (Å²) in [6.45, 7) is 0. The van der Waals surface area contributed by atoms with Gasteiger partial charge in [-0.1, -0.05) is 35.3 Å². The highest BCUT2D eigenvalue weighted by Gasteiger charge is 2.41. The minimum Gasteiger partial charge on any atom is -0.345 e. The predicted octanol–water partition coefficient (Wildman–Crippen LogP) is 4.27. The lowest BCUT2D eigenvalue weighted by molar-refractivity contribution is 0.282. The van der Waals surface area contributed by atoms with E-state index in [-0.39, 0.29) is 5.54 Å². The van der Waals surface area contributed by atoms with Crippen molar-refractivity contribution in [3.63, 3.8) is 0 Å².